The van der Waals surface area contributed by atoms with Gasteiger partial charge in [0.2, 0.25) is 5.91 Å². The van der Waals surface area contributed by atoms with Gasteiger partial charge in [-0.15, -0.1) is 0 Å². The smallest absolute Gasteiger partial charge is 0.220 e. The molecule has 0 spiro atoms. The molecule has 1 fully saturated rings. The van der Waals surface area contributed by atoms with Crippen LogP contribution in [0.3, 0.4) is 0 Å². The molecule has 0 saturated carbocycles. The van der Waals surface area contributed by atoms with Gasteiger partial charge in [0, 0.05) is 19.6 Å². The van der Waals surface area contributed by atoms with Crippen molar-refractivity contribution in [2.24, 2.45) is 5.73 Å². The van der Waals surface area contributed by atoms with Crippen molar-refractivity contribution in [2.45, 2.75) is 51.2 Å². The molecule has 3 N–H and O–H groups in total. The van der Waals surface area contributed by atoms with Crippen LogP contribution in [0.2, 0.25) is 0 Å². The standard InChI is InChI=1S/C17H26N2O2/c18-11-10-14-4-6-15(7-5-14)13-19-17(20)9-8-16-3-1-2-12-21-16/h4-7,16H,1-3,8-13,18H2,(H,19,20). The maximum absolute atomic E-state index is 11.8. The maximum Gasteiger partial charge on any atom is 0.220 e. The molecule has 1 saturated heterocycles. The number of benzene rings is 1. The van der Waals surface area contributed by atoms with Crippen LogP contribution in [0.4, 0.5) is 0 Å². The SMILES string of the molecule is NCCc1ccc(CNC(=O)CCC2CCCCO2)cc1. The summed E-state index contributed by atoms with van der Waals surface area (Å²) in [5, 5.41) is 2.97. The van der Waals surface area contributed by atoms with E-state index in [4.69, 9.17) is 10.5 Å². The molecular formula is C17H26N2O2. The van der Waals surface area contributed by atoms with Crippen LogP contribution in [0.15, 0.2) is 24.3 Å². The van der Waals surface area contributed by atoms with Crippen LogP contribution in [0, 0.1) is 0 Å². The van der Waals surface area contributed by atoms with Crippen molar-refractivity contribution in [3.05, 3.63) is 35.4 Å². The van der Waals surface area contributed by atoms with E-state index in [0.717, 1.165) is 37.9 Å². The molecule has 1 aromatic carbocycles. The van der Waals surface area contributed by atoms with Crippen molar-refractivity contribution in [2.75, 3.05) is 13.2 Å². The molecule has 2 rings (SSSR count). The Morgan fingerprint density at radius 1 is 1.24 bits per heavy atom. The summed E-state index contributed by atoms with van der Waals surface area (Å²) in [4.78, 5) is 11.8. The first kappa shape index (κ1) is 16.0. The minimum atomic E-state index is 0.107. The normalized spacial score (nSPS) is 18.4. The molecule has 0 aromatic heterocycles. The fraction of sp³-hybridized carbons (Fsp3) is 0.588. The largest absolute Gasteiger partial charge is 0.378 e. The van der Waals surface area contributed by atoms with Crippen molar-refractivity contribution >= 4 is 5.91 Å². The average molecular weight is 290 g/mol. The van der Waals surface area contributed by atoms with Gasteiger partial charge in [0.25, 0.3) is 0 Å². The van der Waals surface area contributed by atoms with Gasteiger partial charge in [-0.2, -0.15) is 0 Å². The molecule has 4 heteroatoms. The lowest BCUT2D eigenvalue weighted by Crippen LogP contribution is -2.26. The average Bonchev–Trinajstić information content (AvgIpc) is 2.53. The minimum Gasteiger partial charge on any atom is -0.378 e. The van der Waals surface area contributed by atoms with E-state index in [1.165, 1.54) is 12.0 Å². The Bertz CT molecular complexity index is 425. The van der Waals surface area contributed by atoms with Crippen LogP contribution < -0.4 is 11.1 Å². The fourth-order valence-corrected chi connectivity index (χ4v) is 2.61. The molecular weight excluding hydrogens is 264 g/mol. The fourth-order valence-electron chi connectivity index (χ4n) is 2.61. The third-order valence-corrected chi connectivity index (χ3v) is 3.91. The molecule has 1 aromatic rings. The van der Waals surface area contributed by atoms with Gasteiger partial charge in [0.05, 0.1) is 6.10 Å². The molecule has 116 valence electrons. The number of carbonyl (C=O) groups is 1. The van der Waals surface area contributed by atoms with Gasteiger partial charge in [-0.25, -0.2) is 0 Å². The molecule has 4 nitrogen and oxygen atoms in total. The highest BCUT2D eigenvalue weighted by atomic mass is 16.5. The Morgan fingerprint density at radius 3 is 2.67 bits per heavy atom. The zero-order valence-corrected chi connectivity index (χ0v) is 12.6. The molecule has 1 heterocycles. The van der Waals surface area contributed by atoms with E-state index in [9.17, 15) is 4.79 Å². The van der Waals surface area contributed by atoms with Crippen molar-refractivity contribution < 1.29 is 9.53 Å². The third-order valence-electron chi connectivity index (χ3n) is 3.91. The van der Waals surface area contributed by atoms with E-state index in [-0.39, 0.29) is 12.0 Å². The highest BCUT2D eigenvalue weighted by molar-refractivity contribution is 5.75. The summed E-state index contributed by atoms with van der Waals surface area (Å²) >= 11 is 0. The van der Waals surface area contributed by atoms with Crippen molar-refractivity contribution in [3.8, 4) is 0 Å². The number of nitrogens with two attached hydrogens (primary N) is 1. The molecule has 0 aliphatic carbocycles. The van der Waals surface area contributed by atoms with Gasteiger partial charge >= 0.3 is 0 Å². The number of carbonyl (C=O) groups excluding carboxylic acids is 1. The number of hydrogen-bond acceptors (Lipinski definition) is 3. The van der Waals surface area contributed by atoms with Crippen LogP contribution in [0.25, 0.3) is 0 Å². The molecule has 0 radical (unpaired) electrons. The first-order chi connectivity index (χ1) is 10.3. The summed E-state index contributed by atoms with van der Waals surface area (Å²) in [5.41, 5.74) is 7.89. The topological polar surface area (TPSA) is 64.3 Å². The summed E-state index contributed by atoms with van der Waals surface area (Å²) in [6.07, 6.45) is 6.03. The Kier molecular flexibility index (Phi) is 6.70. The van der Waals surface area contributed by atoms with E-state index in [2.05, 4.69) is 29.6 Å². The zero-order chi connectivity index (χ0) is 14.9. The summed E-state index contributed by atoms with van der Waals surface area (Å²) in [6, 6.07) is 8.25. The molecule has 1 amide bonds. The van der Waals surface area contributed by atoms with Crippen LogP contribution in [0.1, 0.15) is 43.2 Å². The van der Waals surface area contributed by atoms with E-state index in [0.29, 0.717) is 19.5 Å². The van der Waals surface area contributed by atoms with Crippen LogP contribution in [-0.4, -0.2) is 25.2 Å². The highest BCUT2D eigenvalue weighted by Gasteiger charge is 2.15. The predicted octanol–water partition coefficient (Wildman–Crippen LogP) is 2.15. The summed E-state index contributed by atoms with van der Waals surface area (Å²) in [6.45, 7) is 2.11. The monoisotopic (exact) mass is 290 g/mol. The lowest BCUT2D eigenvalue weighted by atomic mass is 10.0. The zero-order valence-electron chi connectivity index (χ0n) is 12.6. The molecule has 1 aliphatic rings. The summed E-state index contributed by atoms with van der Waals surface area (Å²) in [5.74, 6) is 0.107. The molecule has 1 aliphatic heterocycles. The van der Waals surface area contributed by atoms with Gasteiger partial charge in [-0.05, 0) is 49.8 Å². The summed E-state index contributed by atoms with van der Waals surface area (Å²) in [7, 11) is 0. The van der Waals surface area contributed by atoms with Crippen LogP contribution >= 0.6 is 0 Å². The molecule has 1 unspecified atom stereocenters. The summed E-state index contributed by atoms with van der Waals surface area (Å²) < 4.78 is 5.64. The van der Waals surface area contributed by atoms with Crippen molar-refractivity contribution in [1.82, 2.24) is 5.32 Å². The Morgan fingerprint density at radius 2 is 2.00 bits per heavy atom. The van der Waals surface area contributed by atoms with Crippen molar-refractivity contribution in [3.63, 3.8) is 0 Å². The first-order valence-corrected chi connectivity index (χ1v) is 7.94. The highest BCUT2D eigenvalue weighted by Crippen LogP contribution is 2.16. The van der Waals surface area contributed by atoms with E-state index >= 15 is 0 Å². The third kappa shape index (κ3) is 5.86. The van der Waals surface area contributed by atoms with Gasteiger partial charge in [0.1, 0.15) is 0 Å². The molecule has 21 heavy (non-hydrogen) atoms. The Balaban J connectivity index is 1.65. The second-order valence-electron chi connectivity index (χ2n) is 5.66. The van der Waals surface area contributed by atoms with Crippen LogP contribution in [-0.2, 0) is 22.5 Å². The molecule has 0 bridgehead atoms. The predicted molar refractivity (Wildman–Crippen MR) is 83.9 cm³/mol. The second-order valence-corrected chi connectivity index (χ2v) is 5.66. The van der Waals surface area contributed by atoms with E-state index < -0.39 is 0 Å². The number of hydrogen-bond donors (Lipinski definition) is 2. The van der Waals surface area contributed by atoms with E-state index in [1.807, 2.05) is 0 Å². The van der Waals surface area contributed by atoms with Crippen molar-refractivity contribution in [1.29, 1.82) is 0 Å². The first-order valence-electron chi connectivity index (χ1n) is 7.94. The van der Waals surface area contributed by atoms with Gasteiger partial charge in [-0.3, -0.25) is 4.79 Å². The van der Waals surface area contributed by atoms with Gasteiger partial charge in [0.15, 0.2) is 0 Å². The molecule has 1 atom stereocenters. The Hall–Kier alpha value is -1.39. The number of nitrogens with one attached hydrogen (secondary N) is 1. The minimum absolute atomic E-state index is 0.107. The Labute approximate surface area is 127 Å². The quantitative estimate of drug-likeness (QED) is 0.809. The number of rotatable bonds is 7. The lowest BCUT2D eigenvalue weighted by Gasteiger charge is -2.22. The lowest BCUT2D eigenvalue weighted by molar-refractivity contribution is -0.122. The number of ether oxygens (including phenoxy) is 1. The van der Waals surface area contributed by atoms with Gasteiger partial charge in [-0.1, -0.05) is 24.3 Å². The maximum atomic E-state index is 11.8. The van der Waals surface area contributed by atoms with Gasteiger partial charge < -0.3 is 15.8 Å². The second kappa shape index (κ2) is 8.80. The van der Waals surface area contributed by atoms with E-state index in [1.54, 1.807) is 0 Å². The van der Waals surface area contributed by atoms with Crippen LogP contribution in [0.5, 0.6) is 0 Å². The number of amides is 1.